The summed E-state index contributed by atoms with van der Waals surface area (Å²) in [4.78, 5) is 18.7. The molecule has 1 aliphatic heterocycles. The summed E-state index contributed by atoms with van der Waals surface area (Å²) in [5.41, 5.74) is 0.787. The van der Waals surface area contributed by atoms with E-state index in [4.69, 9.17) is 4.74 Å². The van der Waals surface area contributed by atoms with E-state index < -0.39 is 11.6 Å². The molecular formula is C19H20F2N2O2S. The molecule has 4 nitrogen and oxygen atoms in total. The van der Waals surface area contributed by atoms with Crippen molar-refractivity contribution < 1.29 is 18.3 Å². The van der Waals surface area contributed by atoms with Crippen molar-refractivity contribution in [2.24, 2.45) is 0 Å². The van der Waals surface area contributed by atoms with Gasteiger partial charge in [0.2, 0.25) is 5.88 Å². The van der Waals surface area contributed by atoms with Crippen LogP contribution in [0.5, 0.6) is 5.88 Å². The molecule has 0 bridgehead atoms. The number of halogens is 2. The Labute approximate surface area is 155 Å². The Balaban J connectivity index is 1.74. The Morgan fingerprint density at radius 1 is 1.35 bits per heavy atom. The lowest BCUT2D eigenvalue weighted by molar-refractivity contribution is 0.0761. The maximum absolute atomic E-state index is 14.1. The fraction of sp³-hybridized carbons (Fsp3) is 0.368. The lowest BCUT2D eigenvalue weighted by atomic mass is 10.1. The summed E-state index contributed by atoms with van der Waals surface area (Å²) >= 11 is 1.54. The minimum absolute atomic E-state index is 0.150. The number of hydrogen-bond donors (Lipinski definition) is 0. The van der Waals surface area contributed by atoms with Crippen LogP contribution in [0.25, 0.3) is 0 Å². The largest absolute Gasteiger partial charge is 0.477 e. The van der Waals surface area contributed by atoms with E-state index in [-0.39, 0.29) is 11.2 Å². The fourth-order valence-electron chi connectivity index (χ4n) is 2.96. The Kier molecular flexibility index (Phi) is 6.08. The van der Waals surface area contributed by atoms with Crippen molar-refractivity contribution in [1.29, 1.82) is 0 Å². The Morgan fingerprint density at radius 2 is 2.19 bits per heavy atom. The number of rotatable bonds is 4. The average molecular weight is 378 g/mol. The number of hydrogen-bond acceptors (Lipinski definition) is 4. The van der Waals surface area contributed by atoms with Crippen molar-refractivity contribution in [1.82, 2.24) is 9.88 Å². The molecule has 1 aliphatic rings. The minimum Gasteiger partial charge on any atom is -0.477 e. The Hall–Kier alpha value is -2.15. The van der Waals surface area contributed by atoms with Crippen molar-refractivity contribution in [2.45, 2.75) is 18.6 Å². The van der Waals surface area contributed by atoms with E-state index in [2.05, 4.69) is 4.98 Å². The molecule has 1 amide bonds. The SMILES string of the molecule is CCOc1ncccc1C(=O)N1CCSC(c2cc(F)ccc2F)CC1. The molecule has 1 atom stereocenters. The summed E-state index contributed by atoms with van der Waals surface area (Å²) in [5, 5.41) is -0.177. The van der Waals surface area contributed by atoms with E-state index in [9.17, 15) is 13.6 Å². The first-order valence-electron chi connectivity index (χ1n) is 8.53. The Bertz CT molecular complexity index is 788. The smallest absolute Gasteiger partial charge is 0.259 e. The van der Waals surface area contributed by atoms with Gasteiger partial charge < -0.3 is 9.64 Å². The highest BCUT2D eigenvalue weighted by Gasteiger charge is 2.26. The Morgan fingerprint density at radius 3 is 3.00 bits per heavy atom. The van der Waals surface area contributed by atoms with Gasteiger partial charge in [-0.2, -0.15) is 11.8 Å². The van der Waals surface area contributed by atoms with Crippen molar-refractivity contribution >= 4 is 17.7 Å². The van der Waals surface area contributed by atoms with Crippen LogP contribution in [-0.2, 0) is 0 Å². The lowest BCUT2D eigenvalue weighted by Gasteiger charge is -2.21. The van der Waals surface area contributed by atoms with Crippen LogP contribution in [0.15, 0.2) is 36.5 Å². The number of amides is 1. The van der Waals surface area contributed by atoms with Gasteiger partial charge in [0.25, 0.3) is 5.91 Å². The van der Waals surface area contributed by atoms with Gasteiger partial charge in [0.05, 0.1) is 6.61 Å². The van der Waals surface area contributed by atoms with Gasteiger partial charge in [-0.15, -0.1) is 0 Å². The van der Waals surface area contributed by atoms with Gasteiger partial charge in [0, 0.05) is 35.9 Å². The quantitative estimate of drug-likeness (QED) is 0.804. The van der Waals surface area contributed by atoms with Crippen LogP contribution in [0.3, 0.4) is 0 Å². The number of nitrogens with zero attached hydrogens (tertiary/aromatic N) is 2. The first-order chi connectivity index (χ1) is 12.6. The number of carbonyl (C=O) groups excluding carboxylic acids is 1. The zero-order valence-corrected chi connectivity index (χ0v) is 15.3. The van der Waals surface area contributed by atoms with Crippen LogP contribution in [0.4, 0.5) is 8.78 Å². The van der Waals surface area contributed by atoms with E-state index in [1.165, 1.54) is 6.07 Å². The molecule has 0 radical (unpaired) electrons. The van der Waals surface area contributed by atoms with Gasteiger partial charge in [-0.3, -0.25) is 4.79 Å². The maximum atomic E-state index is 14.1. The minimum atomic E-state index is -0.448. The van der Waals surface area contributed by atoms with Crippen molar-refractivity contribution in [3.63, 3.8) is 0 Å². The summed E-state index contributed by atoms with van der Waals surface area (Å²) in [6.07, 6.45) is 2.14. The van der Waals surface area contributed by atoms with Crippen LogP contribution < -0.4 is 4.74 Å². The molecule has 2 aromatic rings. The van der Waals surface area contributed by atoms with Gasteiger partial charge >= 0.3 is 0 Å². The number of benzene rings is 1. The predicted octanol–water partition coefficient (Wildman–Crippen LogP) is 4.08. The highest BCUT2D eigenvalue weighted by molar-refractivity contribution is 7.99. The monoisotopic (exact) mass is 378 g/mol. The molecule has 3 rings (SSSR count). The lowest BCUT2D eigenvalue weighted by Crippen LogP contribution is -2.33. The molecule has 138 valence electrons. The fourth-order valence-corrected chi connectivity index (χ4v) is 4.20. The van der Waals surface area contributed by atoms with E-state index in [0.29, 0.717) is 48.9 Å². The molecule has 0 saturated carbocycles. The van der Waals surface area contributed by atoms with Gasteiger partial charge in [0.1, 0.15) is 17.2 Å². The van der Waals surface area contributed by atoms with Gasteiger partial charge in [-0.05, 0) is 43.7 Å². The van der Waals surface area contributed by atoms with E-state index in [1.807, 2.05) is 6.92 Å². The topological polar surface area (TPSA) is 42.4 Å². The van der Waals surface area contributed by atoms with Gasteiger partial charge in [-0.1, -0.05) is 0 Å². The number of thioether (sulfide) groups is 1. The van der Waals surface area contributed by atoms with Crippen molar-refractivity contribution in [3.8, 4) is 5.88 Å². The molecular weight excluding hydrogens is 358 g/mol. The second-order valence-electron chi connectivity index (χ2n) is 5.90. The van der Waals surface area contributed by atoms with E-state index in [1.54, 1.807) is 35.0 Å². The molecule has 1 aromatic heterocycles. The van der Waals surface area contributed by atoms with Crippen LogP contribution in [-0.4, -0.2) is 41.2 Å². The van der Waals surface area contributed by atoms with Crippen molar-refractivity contribution in [2.75, 3.05) is 25.4 Å². The molecule has 7 heteroatoms. The zero-order valence-electron chi connectivity index (χ0n) is 14.5. The summed E-state index contributed by atoms with van der Waals surface area (Å²) in [5.74, 6) is -0.0334. The number of aromatic nitrogens is 1. The molecule has 0 aliphatic carbocycles. The van der Waals surface area contributed by atoms with Gasteiger partial charge in [0.15, 0.2) is 0 Å². The summed E-state index contributed by atoms with van der Waals surface area (Å²) in [6, 6.07) is 6.92. The third kappa shape index (κ3) is 4.15. The normalized spacial score (nSPS) is 17.7. The molecule has 1 fully saturated rings. The van der Waals surface area contributed by atoms with E-state index in [0.717, 1.165) is 12.1 Å². The number of ether oxygens (including phenoxy) is 1. The third-order valence-corrected chi connectivity index (χ3v) is 5.53. The summed E-state index contributed by atoms with van der Waals surface area (Å²) in [6.45, 7) is 3.27. The molecule has 2 heterocycles. The maximum Gasteiger partial charge on any atom is 0.259 e. The summed E-state index contributed by atoms with van der Waals surface area (Å²) < 4.78 is 33.0. The second-order valence-corrected chi connectivity index (χ2v) is 7.21. The van der Waals surface area contributed by atoms with Crippen LogP contribution in [0.2, 0.25) is 0 Å². The standard InChI is InChI=1S/C19H20F2N2O2S/c1-2-25-18-14(4-3-8-22-18)19(24)23-9-7-17(26-11-10-23)15-12-13(20)5-6-16(15)21/h3-6,8,12,17H,2,7,9-11H2,1H3. The molecule has 1 saturated heterocycles. The highest BCUT2D eigenvalue weighted by Crippen LogP contribution is 2.36. The predicted molar refractivity (Wildman–Crippen MR) is 97.5 cm³/mol. The van der Waals surface area contributed by atoms with Crippen LogP contribution in [0, 0.1) is 11.6 Å². The molecule has 1 unspecified atom stereocenters. The first kappa shape index (κ1) is 18.6. The number of pyridine rings is 1. The van der Waals surface area contributed by atoms with E-state index >= 15 is 0 Å². The van der Waals surface area contributed by atoms with Crippen molar-refractivity contribution in [3.05, 3.63) is 59.3 Å². The molecule has 1 aromatic carbocycles. The second kappa shape index (κ2) is 8.49. The average Bonchev–Trinajstić information content (AvgIpc) is 2.90. The van der Waals surface area contributed by atoms with Crippen LogP contribution in [0.1, 0.15) is 34.5 Å². The first-order valence-corrected chi connectivity index (χ1v) is 9.58. The molecule has 26 heavy (non-hydrogen) atoms. The van der Waals surface area contributed by atoms with Crippen LogP contribution >= 0.6 is 11.8 Å². The van der Waals surface area contributed by atoms with Gasteiger partial charge in [-0.25, -0.2) is 13.8 Å². The highest BCUT2D eigenvalue weighted by atomic mass is 32.2. The molecule has 0 N–H and O–H groups in total. The summed E-state index contributed by atoms with van der Waals surface area (Å²) in [7, 11) is 0. The molecule has 0 spiro atoms. The third-order valence-electron chi connectivity index (χ3n) is 4.22. The number of carbonyl (C=O) groups is 1. The zero-order chi connectivity index (χ0) is 18.5.